The van der Waals surface area contributed by atoms with Gasteiger partial charge in [0.1, 0.15) is 0 Å². The summed E-state index contributed by atoms with van der Waals surface area (Å²) in [4.78, 5) is 29.0. The molecule has 8 heteroatoms. The minimum atomic E-state index is -3.66. The maximum absolute atomic E-state index is 9.98. The van der Waals surface area contributed by atoms with E-state index >= 15 is 0 Å². The van der Waals surface area contributed by atoms with Gasteiger partial charge in [-0.2, -0.15) is 0 Å². The lowest BCUT2D eigenvalue weighted by Crippen LogP contribution is -2.47. The topological polar surface area (TPSA) is 88.4 Å². The molecule has 0 aromatic rings. The van der Waals surface area contributed by atoms with Crippen LogP contribution in [0.5, 0.6) is 0 Å². The minimum absolute atomic E-state index is 0.0104. The van der Waals surface area contributed by atoms with E-state index in [1.165, 1.54) is 0 Å². The van der Waals surface area contributed by atoms with Gasteiger partial charge in [-0.05, 0) is 20.8 Å². The van der Waals surface area contributed by atoms with Gasteiger partial charge >= 0.3 is 17.6 Å². The highest BCUT2D eigenvalue weighted by Gasteiger charge is 2.42. The number of hydrogen-bond donors (Lipinski definition) is 3. The summed E-state index contributed by atoms with van der Waals surface area (Å²) in [5.74, 6) is 0. The summed E-state index contributed by atoms with van der Waals surface area (Å²) in [6, 6.07) is 0.0947. The third-order valence-electron chi connectivity index (χ3n) is 1.88. The summed E-state index contributed by atoms with van der Waals surface area (Å²) in [5.41, 5.74) is 0. The van der Waals surface area contributed by atoms with Crippen LogP contribution in [0.1, 0.15) is 20.8 Å². The zero-order valence-corrected chi connectivity index (χ0v) is 12.1. The molecule has 6 nitrogen and oxygen atoms in total. The molecule has 0 amide bonds. The van der Waals surface area contributed by atoms with Crippen molar-refractivity contribution in [2.24, 2.45) is 0 Å². The number of rotatable bonds is 9. The molecule has 3 N–H and O–H groups in total. The Balaban J connectivity index is 4.19. The van der Waals surface area contributed by atoms with Crippen LogP contribution in [0.25, 0.3) is 0 Å². The minimum Gasteiger partial charge on any atom is -0.390 e. The predicted octanol–water partition coefficient (Wildman–Crippen LogP) is -0.0494. The normalized spacial score (nSPS) is 13.1. The van der Waals surface area contributed by atoms with Crippen LogP contribution in [-0.4, -0.2) is 51.8 Å². The van der Waals surface area contributed by atoms with Crippen LogP contribution < -0.4 is 0 Å². The average molecular weight is 270 g/mol. The predicted molar refractivity (Wildman–Crippen MR) is 62.7 cm³/mol. The first-order valence-corrected chi connectivity index (χ1v) is 9.46. The van der Waals surface area contributed by atoms with Crippen LogP contribution in [0, 0.1) is 0 Å². The standard InChI is InChI=1S/C8H22O6Si2/c1-4-12-15(9,10)7-8-16(11,13-5-2)14-6-3/h9-11H,4-8H2,1-3H3. The van der Waals surface area contributed by atoms with Gasteiger partial charge in [0.2, 0.25) is 0 Å². The van der Waals surface area contributed by atoms with Crippen molar-refractivity contribution < 1.29 is 27.7 Å². The molecule has 0 spiro atoms. The van der Waals surface area contributed by atoms with Crippen molar-refractivity contribution in [1.82, 2.24) is 0 Å². The fourth-order valence-corrected chi connectivity index (χ4v) is 5.71. The molecule has 0 aliphatic carbocycles. The van der Waals surface area contributed by atoms with Crippen LogP contribution in [-0.2, 0) is 13.3 Å². The molecule has 0 aromatic heterocycles. The lowest BCUT2D eigenvalue weighted by atomic mass is 10.9. The molecule has 98 valence electrons. The van der Waals surface area contributed by atoms with E-state index in [0.29, 0.717) is 13.2 Å². The third-order valence-corrected chi connectivity index (χ3v) is 6.40. The highest BCUT2D eigenvalue weighted by molar-refractivity contribution is 6.64. The molecule has 0 atom stereocenters. The summed E-state index contributed by atoms with van der Waals surface area (Å²) in [6.45, 7) is 6.10. The molecular weight excluding hydrogens is 248 g/mol. The van der Waals surface area contributed by atoms with Crippen LogP contribution >= 0.6 is 0 Å². The molecule has 0 saturated carbocycles. The third kappa shape index (κ3) is 6.71. The Labute approximate surface area is 98.5 Å². The van der Waals surface area contributed by atoms with Crippen LogP contribution in [0.3, 0.4) is 0 Å². The Morgan fingerprint density at radius 3 is 1.56 bits per heavy atom. The second-order valence-electron chi connectivity index (χ2n) is 3.25. The van der Waals surface area contributed by atoms with E-state index in [1.807, 2.05) is 0 Å². The first-order valence-electron chi connectivity index (χ1n) is 5.48. The van der Waals surface area contributed by atoms with Gasteiger partial charge in [-0.3, -0.25) is 0 Å². The average Bonchev–Trinajstić information content (AvgIpc) is 2.16. The quantitative estimate of drug-likeness (QED) is 0.509. The van der Waals surface area contributed by atoms with Gasteiger partial charge in [0.15, 0.2) is 0 Å². The van der Waals surface area contributed by atoms with E-state index in [-0.39, 0.29) is 18.7 Å². The van der Waals surface area contributed by atoms with Gasteiger partial charge in [0.05, 0.1) is 0 Å². The smallest absolute Gasteiger partial charge is 0.390 e. The summed E-state index contributed by atoms with van der Waals surface area (Å²) < 4.78 is 15.2. The number of hydrogen-bond acceptors (Lipinski definition) is 6. The van der Waals surface area contributed by atoms with Gasteiger partial charge in [-0.25, -0.2) is 0 Å². The summed E-state index contributed by atoms with van der Waals surface area (Å²) in [6.07, 6.45) is 0. The molecule has 0 aliphatic rings. The Bertz CT molecular complexity index is 183. The highest BCUT2D eigenvalue weighted by Crippen LogP contribution is 2.18. The molecular formula is C8H22O6Si2. The molecule has 0 aliphatic heterocycles. The van der Waals surface area contributed by atoms with Crippen molar-refractivity contribution in [2.45, 2.75) is 32.9 Å². The molecule has 0 fully saturated rings. The zero-order valence-electron chi connectivity index (χ0n) is 10.1. The Kier molecular flexibility index (Phi) is 7.60. The molecule has 16 heavy (non-hydrogen) atoms. The first kappa shape index (κ1) is 16.2. The van der Waals surface area contributed by atoms with E-state index in [1.54, 1.807) is 20.8 Å². The van der Waals surface area contributed by atoms with E-state index < -0.39 is 17.6 Å². The molecule has 0 bridgehead atoms. The van der Waals surface area contributed by atoms with Crippen molar-refractivity contribution in [1.29, 1.82) is 0 Å². The van der Waals surface area contributed by atoms with Crippen LogP contribution in [0.4, 0.5) is 0 Å². The van der Waals surface area contributed by atoms with Gasteiger partial charge < -0.3 is 27.7 Å². The Morgan fingerprint density at radius 1 is 0.750 bits per heavy atom. The van der Waals surface area contributed by atoms with Crippen LogP contribution in [0.2, 0.25) is 12.1 Å². The molecule has 0 aromatic carbocycles. The van der Waals surface area contributed by atoms with E-state index in [0.717, 1.165) is 0 Å². The maximum atomic E-state index is 9.98. The first-order chi connectivity index (χ1) is 7.39. The van der Waals surface area contributed by atoms with Gasteiger partial charge in [-0.1, -0.05) is 0 Å². The van der Waals surface area contributed by atoms with E-state index in [4.69, 9.17) is 13.3 Å². The lowest BCUT2D eigenvalue weighted by molar-refractivity contribution is 0.105. The second kappa shape index (κ2) is 7.51. The zero-order chi connectivity index (χ0) is 12.7. The fraction of sp³-hybridized carbons (Fsp3) is 1.00. The van der Waals surface area contributed by atoms with Crippen molar-refractivity contribution in [3.63, 3.8) is 0 Å². The molecule has 0 rings (SSSR count). The Hall–Kier alpha value is 0.194. The molecule has 0 heterocycles. The van der Waals surface area contributed by atoms with Gasteiger partial charge in [0, 0.05) is 31.9 Å². The van der Waals surface area contributed by atoms with E-state index in [9.17, 15) is 14.4 Å². The van der Waals surface area contributed by atoms with Crippen molar-refractivity contribution in [3.05, 3.63) is 0 Å². The van der Waals surface area contributed by atoms with Gasteiger partial charge in [0.25, 0.3) is 0 Å². The van der Waals surface area contributed by atoms with Crippen molar-refractivity contribution in [2.75, 3.05) is 19.8 Å². The fourth-order valence-electron chi connectivity index (χ4n) is 1.26. The van der Waals surface area contributed by atoms with Crippen LogP contribution in [0.15, 0.2) is 0 Å². The lowest BCUT2D eigenvalue weighted by Gasteiger charge is -2.25. The SMILES string of the molecule is CCO[Si](O)(O)CC[Si](O)(OCC)OCC. The molecule has 0 unspecified atom stereocenters. The molecule has 0 radical (unpaired) electrons. The largest absolute Gasteiger partial charge is 0.498 e. The summed E-state index contributed by atoms with van der Waals surface area (Å²) in [5, 5.41) is 0. The monoisotopic (exact) mass is 270 g/mol. The van der Waals surface area contributed by atoms with E-state index in [2.05, 4.69) is 0 Å². The molecule has 0 saturated heterocycles. The summed E-state index contributed by atoms with van der Waals surface area (Å²) >= 11 is 0. The van der Waals surface area contributed by atoms with Crippen molar-refractivity contribution >= 4 is 17.6 Å². The second-order valence-corrected chi connectivity index (χ2v) is 8.03. The Morgan fingerprint density at radius 2 is 1.19 bits per heavy atom. The maximum Gasteiger partial charge on any atom is 0.498 e. The van der Waals surface area contributed by atoms with Gasteiger partial charge in [-0.15, -0.1) is 0 Å². The highest BCUT2D eigenvalue weighted by atomic mass is 28.4. The summed E-state index contributed by atoms with van der Waals surface area (Å²) in [7, 11) is -6.91. The van der Waals surface area contributed by atoms with Crippen molar-refractivity contribution in [3.8, 4) is 0 Å².